The normalized spacial score (nSPS) is 16.6. The number of allylic oxidation sites excluding steroid dienone is 1. The molecule has 2 aromatic carbocycles. The van der Waals surface area contributed by atoms with Gasteiger partial charge in [0, 0.05) is 6.42 Å². The molecule has 4 heteroatoms. The number of benzene rings is 2. The lowest BCUT2D eigenvalue weighted by Crippen LogP contribution is -2.33. The first-order valence-electron chi connectivity index (χ1n) is 9.91. The zero-order valence-electron chi connectivity index (χ0n) is 17.9. The van der Waals surface area contributed by atoms with Crippen LogP contribution in [0.5, 0.6) is 5.75 Å². The molecule has 0 unspecified atom stereocenters. The monoisotopic (exact) mass is 504 g/mol. The van der Waals surface area contributed by atoms with Crippen LogP contribution in [0, 0.1) is 3.57 Å². The van der Waals surface area contributed by atoms with Crippen LogP contribution in [0.3, 0.4) is 0 Å². The van der Waals surface area contributed by atoms with Crippen molar-refractivity contribution in [3.05, 3.63) is 74.6 Å². The average molecular weight is 504 g/mol. The van der Waals surface area contributed by atoms with Gasteiger partial charge in [-0.15, -0.1) is 0 Å². The maximum Gasteiger partial charge on any atom is 0.337 e. The van der Waals surface area contributed by atoms with E-state index < -0.39 is 0 Å². The molecule has 0 spiro atoms. The number of halogens is 1. The number of fused-ring (bicyclic) bond motifs is 1. The van der Waals surface area contributed by atoms with E-state index in [9.17, 15) is 4.79 Å². The first-order valence-corrected chi connectivity index (χ1v) is 11.0. The minimum atomic E-state index is -0.354. The Labute approximate surface area is 187 Å². The number of rotatable bonds is 5. The summed E-state index contributed by atoms with van der Waals surface area (Å²) in [6, 6.07) is 12.1. The molecule has 0 heterocycles. The largest absolute Gasteiger partial charge is 0.465 e. The Morgan fingerprint density at radius 1 is 1.03 bits per heavy atom. The maximum absolute atomic E-state index is 11.7. The Balaban J connectivity index is 1.78. The van der Waals surface area contributed by atoms with E-state index in [1.165, 1.54) is 36.6 Å². The highest BCUT2D eigenvalue weighted by molar-refractivity contribution is 14.1. The van der Waals surface area contributed by atoms with E-state index in [0.717, 1.165) is 3.57 Å². The Bertz CT molecular complexity index is 957. The summed E-state index contributed by atoms with van der Waals surface area (Å²) in [6.07, 6.45) is 3.05. The van der Waals surface area contributed by atoms with Crippen LogP contribution in [0.2, 0.25) is 0 Å². The Kier molecular flexibility index (Phi) is 6.13. The zero-order chi connectivity index (χ0) is 21.4. The smallest absolute Gasteiger partial charge is 0.337 e. The second-order valence-electron chi connectivity index (χ2n) is 9.10. The maximum atomic E-state index is 11.7. The molecule has 0 saturated carbocycles. The highest BCUT2D eigenvalue weighted by atomic mass is 127. The third-order valence-electron chi connectivity index (χ3n) is 5.93. The quantitative estimate of drug-likeness (QED) is 0.263. The lowest BCUT2D eigenvalue weighted by molar-refractivity contribution is 0.0600. The SMILES string of the molecule is C=C(Cc1ccc2c(c1)C(C)(C)CCC2(C)C)Oc1ccc(C(=O)OC)cc1I. The molecule has 0 fully saturated rings. The van der Waals surface area contributed by atoms with Crippen molar-refractivity contribution in [3.63, 3.8) is 0 Å². The van der Waals surface area contributed by atoms with Gasteiger partial charge in [0.15, 0.2) is 0 Å². The molecule has 0 saturated heterocycles. The Hall–Kier alpha value is -1.82. The number of carbonyl (C=O) groups excluding carboxylic acids is 1. The van der Waals surface area contributed by atoms with Crippen molar-refractivity contribution in [2.75, 3.05) is 7.11 Å². The Morgan fingerprint density at radius 3 is 2.31 bits per heavy atom. The molecule has 0 atom stereocenters. The molecule has 0 aliphatic heterocycles. The summed E-state index contributed by atoms with van der Waals surface area (Å²) < 4.78 is 11.6. The second-order valence-corrected chi connectivity index (χ2v) is 10.3. The summed E-state index contributed by atoms with van der Waals surface area (Å²) in [6.45, 7) is 13.5. The van der Waals surface area contributed by atoms with Gasteiger partial charge < -0.3 is 9.47 Å². The highest BCUT2D eigenvalue weighted by Gasteiger charge is 2.36. The Morgan fingerprint density at radius 2 is 1.69 bits per heavy atom. The molecule has 154 valence electrons. The fourth-order valence-corrected chi connectivity index (χ4v) is 4.62. The molecule has 29 heavy (non-hydrogen) atoms. The number of hydrogen-bond donors (Lipinski definition) is 0. The lowest BCUT2D eigenvalue weighted by atomic mass is 9.63. The van der Waals surface area contributed by atoms with Crippen LogP contribution in [0.25, 0.3) is 0 Å². The molecule has 3 nitrogen and oxygen atoms in total. The molecular formula is C25H29IO3. The van der Waals surface area contributed by atoms with Gasteiger partial charge in [-0.25, -0.2) is 4.79 Å². The molecule has 0 aromatic heterocycles. The average Bonchev–Trinajstić information content (AvgIpc) is 2.66. The number of methoxy groups -OCH3 is 1. The third-order valence-corrected chi connectivity index (χ3v) is 6.77. The van der Waals surface area contributed by atoms with Crippen LogP contribution in [-0.4, -0.2) is 13.1 Å². The van der Waals surface area contributed by atoms with Gasteiger partial charge in [0.25, 0.3) is 0 Å². The number of carbonyl (C=O) groups is 1. The van der Waals surface area contributed by atoms with Gasteiger partial charge in [-0.05, 0) is 81.2 Å². The fraction of sp³-hybridized carbons (Fsp3) is 0.400. The van der Waals surface area contributed by atoms with Gasteiger partial charge in [0.2, 0.25) is 0 Å². The molecular weight excluding hydrogens is 475 g/mol. The summed E-state index contributed by atoms with van der Waals surface area (Å²) >= 11 is 2.16. The van der Waals surface area contributed by atoms with Gasteiger partial charge in [0.05, 0.1) is 16.2 Å². The van der Waals surface area contributed by atoms with Gasteiger partial charge >= 0.3 is 5.97 Å². The van der Waals surface area contributed by atoms with E-state index in [-0.39, 0.29) is 16.8 Å². The predicted molar refractivity (Wildman–Crippen MR) is 126 cm³/mol. The summed E-state index contributed by atoms with van der Waals surface area (Å²) in [7, 11) is 1.38. The van der Waals surface area contributed by atoms with E-state index in [4.69, 9.17) is 9.47 Å². The van der Waals surface area contributed by atoms with Crippen molar-refractivity contribution in [2.24, 2.45) is 0 Å². The van der Waals surface area contributed by atoms with Gasteiger partial charge in [0.1, 0.15) is 11.5 Å². The molecule has 0 amide bonds. The van der Waals surface area contributed by atoms with Crippen molar-refractivity contribution in [2.45, 2.75) is 57.8 Å². The third kappa shape index (κ3) is 4.68. The molecule has 1 aliphatic carbocycles. The lowest BCUT2D eigenvalue weighted by Gasteiger charge is -2.42. The van der Waals surface area contributed by atoms with Crippen molar-refractivity contribution >= 4 is 28.6 Å². The minimum absolute atomic E-state index is 0.183. The summed E-state index contributed by atoms with van der Waals surface area (Å²) in [5, 5.41) is 0. The topological polar surface area (TPSA) is 35.5 Å². The van der Waals surface area contributed by atoms with E-state index in [2.05, 4.69) is 75.1 Å². The zero-order valence-corrected chi connectivity index (χ0v) is 20.1. The minimum Gasteiger partial charge on any atom is -0.465 e. The molecule has 0 radical (unpaired) electrons. The number of esters is 1. The molecule has 0 N–H and O–H groups in total. The predicted octanol–water partition coefficient (Wildman–Crippen LogP) is 6.56. The first kappa shape index (κ1) is 21.9. The van der Waals surface area contributed by atoms with Crippen molar-refractivity contribution < 1.29 is 14.3 Å². The molecule has 2 aromatic rings. The van der Waals surface area contributed by atoms with Gasteiger partial charge in [-0.3, -0.25) is 0 Å². The van der Waals surface area contributed by atoms with Crippen LogP contribution in [0.15, 0.2) is 48.7 Å². The van der Waals surface area contributed by atoms with E-state index in [0.29, 0.717) is 23.5 Å². The second kappa shape index (κ2) is 8.13. The number of ether oxygens (including phenoxy) is 2. The first-order chi connectivity index (χ1) is 13.5. The van der Waals surface area contributed by atoms with Crippen molar-refractivity contribution in [1.29, 1.82) is 0 Å². The molecule has 1 aliphatic rings. The summed E-state index contributed by atoms with van der Waals surface area (Å²) in [4.78, 5) is 11.7. The van der Waals surface area contributed by atoms with Gasteiger partial charge in [-0.1, -0.05) is 52.5 Å². The molecule has 0 bridgehead atoms. The van der Waals surface area contributed by atoms with E-state index >= 15 is 0 Å². The molecule has 3 rings (SSSR count). The number of hydrogen-bond acceptors (Lipinski definition) is 3. The van der Waals surface area contributed by atoms with Crippen LogP contribution in [0.4, 0.5) is 0 Å². The van der Waals surface area contributed by atoms with Crippen molar-refractivity contribution in [1.82, 2.24) is 0 Å². The van der Waals surface area contributed by atoms with Crippen LogP contribution in [-0.2, 0) is 22.0 Å². The van der Waals surface area contributed by atoms with Crippen LogP contribution in [0.1, 0.15) is 67.6 Å². The summed E-state index contributed by atoms with van der Waals surface area (Å²) in [5.74, 6) is 1.03. The summed E-state index contributed by atoms with van der Waals surface area (Å²) in [5.41, 5.74) is 5.01. The van der Waals surface area contributed by atoms with E-state index in [1.54, 1.807) is 18.2 Å². The van der Waals surface area contributed by atoms with E-state index in [1.807, 2.05) is 0 Å². The standard InChI is InChI=1S/C25H29IO3/c1-16(29-22-10-8-18(15-21(22)26)23(27)28-6)13-17-7-9-19-20(14-17)25(4,5)12-11-24(19,2)3/h7-10,14-15H,1,11-13H2,2-6H3. The van der Waals surface area contributed by atoms with Gasteiger partial charge in [-0.2, -0.15) is 0 Å². The van der Waals surface area contributed by atoms with Crippen LogP contribution >= 0.6 is 22.6 Å². The van der Waals surface area contributed by atoms with Crippen LogP contribution < -0.4 is 4.74 Å². The highest BCUT2D eigenvalue weighted by Crippen LogP contribution is 2.46. The van der Waals surface area contributed by atoms with Crippen molar-refractivity contribution in [3.8, 4) is 5.75 Å². The fourth-order valence-electron chi connectivity index (χ4n) is 3.99.